The third kappa shape index (κ3) is 5.03. The predicted molar refractivity (Wildman–Crippen MR) is 89.0 cm³/mol. The number of hydrogen-bond donors (Lipinski definition) is 0. The molecule has 1 atom stereocenters. The second-order valence-corrected chi connectivity index (χ2v) is 6.47. The molecule has 21 heavy (non-hydrogen) atoms. The van der Waals surface area contributed by atoms with Gasteiger partial charge in [-0.1, -0.05) is 28.1 Å². The minimum atomic E-state index is 0.296. The van der Waals surface area contributed by atoms with Crippen molar-refractivity contribution in [2.75, 3.05) is 25.5 Å². The van der Waals surface area contributed by atoms with Crippen molar-refractivity contribution in [2.24, 2.45) is 5.92 Å². The highest BCUT2D eigenvalue weighted by Crippen LogP contribution is 2.21. The molecule has 1 aliphatic heterocycles. The van der Waals surface area contributed by atoms with Gasteiger partial charge >= 0.3 is 0 Å². The zero-order valence-electron chi connectivity index (χ0n) is 12.7. The largest absolute Gasteiger partial charge is 0.497 e. The summed E-state index contributed by atoms with van der Waals surface area (Å²) in [5.74, 6) is 1.83. The SMILES string of the molecule is COc1ccc(CCC(=O)N2CCCC(CCBr)C2)cc1. The fourth-order valence-corrected chi connectivity index (χ4v) is 3.53. The summed E-state index contributed by atoms with van der Waals surface area (Å²) in [7, 11) is 1.66. The first-order valence-corrected chi connectivity index (χ1v) is 8.81. The Hall–Kier alpha value is -1.03. The standard InChI is InChI=1S/C17H24BrNO2/c1-21-16-7-4-14(5-8-16)6-9-17(20)19-12-2-3-15(13-19)10-11-18/h4-5,7-8,15H,2-3,6,9-13H2,1H3. The summed E-state index contributed by atoms with van der Waals surface area (Å²) in [6.07, 6.45) is 4.98. The molecule has 1 amide bonds. The Bertz CT molecular complexity index is 445. The number of likely N-dealkylation sites (tertiary alicyclic amines) is 1. The van der Waals surface area contributed by atoms with Crippen molar-refractivity contribution in [3.63, 3.8) is 0 Å². The number of rotatable bonds is 6. The molecule has 1 aromatic rings. The summed E-state index contributed by atoms with van der Waals surface area (Å²) in [5.41, 5.74) is 1.19. The third-order valence-corrected chi connectivity index (χ3v) is 4.63. The fourth-order valence-electron chi connectivity index (χ4n) is 2.88. The van der Waals surface area contributed by atoms with Gasteiger partial charge < -0.3 is 9.64 Å². The molecule has 1 saturated heterocycles. The zero-order chi connectivity index (χ0) is 15.1. The Labute approximate surface area is 135 Å². The molecular formula is C17H24BrNO2. The average molecular weight is 354 g/mol. The van der Waals surface area contributed by atoms with Crippen LogP contribution in [0.4, 0.5) is 0 Å². The third-order valence-electron chi connectivity index (χ3n) is 4.18. The number of ether oxygens (including phenoxy) is 1. The van der Waals surface area contributed by atoms with E-state index >= 15 is 0 Å². The normalized spacial score (nSPS) is 18.6. The molecule has 1 aliphatic rings. The Morgan fingerprint density at radius 2 is 2.14 bits per heavy atom. The maximum atomic E-state index is 12.3. The van der Waals surface area contributed by atoms with Gasteiger partial charge in [0.15, 0.2) is 0 Å². The van der Waals surface area contributed by atoms with Gasteiger partial charge in [-0.25, -0.2) is 0 Å². The van der Waals surface area contributed by atoms with Crippen LogP contribution in [0.1, 0.15) is 31.2 Å². The number of benzene rings is 1. The maximum Gasteiger partial charge on any atom is 0.222 e. The van der Waals surface area contributed by atoms with Crippen LogP contribution in [0, 0.1) is 5.92 Å². The van der Waals surface area contributed by atoms with Crippen molar-refractivity contribution < 1.29 is 9.53 Å². The van der Waals surface area contributed by atoms with Crippen LogP contribution >= 0.6 is 15.9 Å². The number of carbonyl (C=O) groups excluding carboxylic acids is 1. The summed E-state index contributed by atoms with van der Waals surface area (Å²) < 4.78 is 5.15. The molecule has 1 aromatic carbocycles. The van der Waals surface area contributed by atoms with E-state index in [1.54, 1.807) is 7.11 Å². The van der Waals surface area contributed by atoms with Crippen molar-refractivity contribution in [1.82, 2.24) is 4.90 Å². The Kier molecular flexibility index (Phi) is 6.55. The molecule has 0 spiro atoms. The number of alkyl halides is 1. The Morgan fingerprint density at radius 1 is 1.38 bits per heavy atom. The van der Waals surface area contributed by atoms with Crippen LogP contribution in [0.15, 0.2) is 24.3 Å². The maximum absolute atomic E-state index is 12.3. The summed E-state index contributed by atoms with van der Waals surface area (Å²) in [6, 6.07) is 7.98. The highest BCUT2D eigenvalue weighted by molar-refractivity contribution is 9.09. The molecule has 1 heterocycles. The predicted octanol–water partition coefficient (Wildman–Crippen LogP) is 3.65. The van der Waals surface area contributed by atoms with Crippen molar-refractivity contribution in [3.8, 4) is 5.75 Å². The van der Waals surface area contributed by atoms with E-state index in [1.807, 2.05) is 24.3 Å². The molecule has 1 unspecified atom stereocenters. The van der Waals surface area contributed by atoms with Crippen LogP contribution in [0.3, 0.4) is 0 Å². The smallest absolute Gasteiger partial charge is 0.222 e. The van der Waals surface area contributed by atoms with Crippen LogP contribution in [0.5, 0.6) is 5.75 Å². The molecule has 4 heteroatoms. The Morgan fingerprint density at radius 3 is 2.81 bits per heavy atom. The molecule has 0 aliphatic carbocycles. The lowest BCUT2D eigenvalue weighted by molar-refractivity contribution is -0.133. The van der Waals surface area contributed by atoms with E-state index in [1.165, 1.54) is 18.4 Å². The minimum absolute atomic E-state index is 0.296. The first-order valence-electron chi connectivity index (χ1n) is 7.69. The van der Waals surface area contributed by atoms with Crippen molar-refractivity contribution in [2.45, 2.75) is 32.1 Å². The molecular weight excluding hydrogens is 330 g/mol. The lowest BCUT2D eigenvalue weighted by Gasteiger charge is -2.32. The highest BCUT2D eigenvalue weighted by atomic mass is 79.9. The second kappa shape index (κ2) is 8.42. The van der Waals surface area contributed by atoms with Gasteiger partial charge in [-0.15, -0.1) is 0 Å². The molecule has 0 N–H and O–H groups in total. The molecule has 0 radical (unpaired) electrons. The summed E-state index contributed by atoms with van der Waals surface area (Å²) in [5, 5.41) is 1.03. The van der Waals surface area contributed by atoms with Gasteiger partial charge in [0.2, 0.25) is 5.91 Å². The van der Waals surface area contributed by atoms with Crippen molar-refractivity contribution in [3.05, 3.63) is 29.8 Å². The van der Waals surface area contributed by atoms with Gasteiger partial charge in [0.25, 0.3) is 0 Å². The number of aryl methyl sites for hydroxylation is 1. The second-order valence-electron chi connectivity index (χ2n) is 5.67. The van der Waals surface area contributed by atoms with Gasteiger partial charge in [0.05, 0.1) is 7.11 Å². The van der Waals surface area contributed by atoms with E-state index < -0.39 is 0 Å². The quantitative estimate of drug-likeness (QED) is 0.730. The van der Waals surface area contributed by atoms with E-state index in [0.29, 0.717) is 18.2 Å². The Balaban J connectivity index is 1.80. The van der Waals surface area contributed by atoms with Crippen molar-refractivity contribution >= 4 is 21.8 Å². The summed E-state index contributed by atoms with van der Waals surface area (Å²) in [4.78, 5) is 14.4. The van der Waals surface area contributed by atoms with E-state index in [4.69, 9.17) is 4.74 Å². The molecule has 0 aromatic heterocycles. The van der Waals surface area contributed by atoms with E-state index in [9.17, 15) is 4.79 Å². The van der Waals surface area contributed by atoms with Crippen LogP contribution in [0.25, 0.3) is 0 Å². The molecule has 0 bridgehead atoms. The number of amides is 1. The van der Waals surface area contributed by atoms with Gasteiger partial charge in [-0.05, 0) is 49.3 Å². The van der Waals surface area contributed by atoms with Crippen LogP contribution < -0.4 is 4.74 Å². The van der Waals surface area contributed by atoms with Gasteiger partial charge in [0, 0.05) is 24.8 Å². The van der Waals surface area contributed by atoms with Gasteiger partial charge in [-0.2, -0.15) is 0 Å². The topological polar surface area (TPSA) is 29.5 Å². The lowest BCUT2D eigenvalue weighted by atomic mass is 9.95. The number of piperidine rings is 1. The zero-order valence-corrected chi connectivity index (χ0v) is 14.3. The van der Waals surface area contributed by atoms with E-state index in [-0.39, 0.29) is 0 Å². The van der Waals surface area contributed by atoms with Crippen LogP contribution in [-0.2, 0) is 11.2 Å². The molecule has 2 rings (SSSR count). The molecule has 3 nitrogen and oxygen atoms in total. The number of nitrogens with zero attached hydrogens (tertiary/aromatic N) is 1. The number of carbonyl (C=O) groups is 1. The molecule has 116 valence electrons. The summed E-state index contributed by atoms with van der Waals surface area (Å²) in [6.45, 7) is 1.87. The van der Waals surface area contributed by atoms with Crippen molar-refractivity contribution in [1.29, 1.82) is 0 Å². The average Bonchev–Trinajstić information content (AvgIpc) is 2.53. The van der Waals surface area contributed by atoms with E-state index in [2.05, 4.69) is 20.8 Å². The van der Waals surface area contributed by atoms with Crippen LogP contribution in [0.2, 0.25) is 0 Å². The molecule has 0 saturated carbocycles. The highest BCUT2D eigenvalue weighted by Gasteiger charge is 2.22. The summed E-state index contributed by atoms with van der Waals surface area (Å²) >= 11 is 3.50. The minimum Gasteiger partial charge on any atom is -0.497 e. The number of hydrogen-bond acceptors (Lipinski definition) is 2. The molecule has 1 fully saturated rings. The van der Waals surface area contributed by atoms with Crippen LogP contribution in [-0.4, -0.2) is 36.3 Å². The number of methoxy groups -OCH3 is 1. The monoisotopic (exact) mass is 353 g/mol. The van der Waals surface area contributed by atoms with Gasteiger partial charge in [-0.3, -0.25) is 4.79 Å². The lowest BCUT2D eigenvalue weighted by Crippen LogP contribution is -2.40. The first-order chi connectivity index (χ1) is 10.2. The fraction of sp³-hybridized carbons (Fsp3) is 0.588. The first kappa shape index (κ1) is 16.3. The van der Waals surface area contributed by atoms with Gasteiger partial charge in [0.1, 0.15) is 5.75 Å². The number of halogens is 1. The van der Waals surface area contributed by atoms with E-state index in [0.717, 1.165) is 37.0 Å².